The van der Waals surface area contributed by atoms with Gasteiger partial charge in [0.25, 0.3) is 11.5 Å². The van der Waals surface area contributed by atoms with Crippen LogP contribution in [0.2, 0.25) is 0 Å². The van der Waals surface area contributed by atoms with Gasteiger partial charge in [0, 0.05) is 19.3 Å². The van der Waals surface area contributed by atoms with Crippen LogP contribution < -0.4 is 16.6 Å². The zero-order valence-electron chi connectivity index (χ0n) is 14.5. The first kappa shape index (κ1) is 17.9. The number of hydrogen-bond donors (Lipinski definition) is 3. The van der Waals surface area contributed by atoms with Crippen LogP contribution >= 0.6 is 11.3 Å². The number of rotatable bonds is 5. The third kappa shape index (κ3) is 3.39. The van der Waals surface area contributed by atoms with Crippen LogP contribution in [0.15, 0.2) is 57.6 Å². The lowest BCUT2D eigenvalue weighted by atomic mass is 10.1. The lowest BCUT2D eigenvalue weighted by Gasteiger charge is -2.06. The highest BCUT2D eigenvalue weighted by Gasteiger charge is 2.11. The first-order valence-corrected chi connectivity index (χ1v) is 9.34. The molecular formula is C19H15FN4O3S. The molecular weight excluding hydrogens is 383 g/mol. The molecule has 0 bridgehead atoms. The van der Waals surface area contributed by atoms with E-state index in [9.17, 15) is 18.8 Å². The SMILES string of the molecule is O=C(NCCn1c(=O)[nH]c2ccsc2c1=O)c1cc(-c2ccc(F)cc2)c[nH]1. The van der Waals surface area contributed by atoms with Crippen LogP contribution in [0.5, 0.6) is 0 Å². The highest BCUT2D eigenvalue weighted by Crippen LogP contribution is 2.20. The maximum absolute atomic E-state index is 13.0. The number of hydrogen-bond acceptors (Lipinski definition) is 4. The van der Waals surface area contributed by atoms with E-state index in [4.69, 9.17) is 0 Å². The van der Waals surface area contributed by atoms with E-state index in [1.54, 1.807) is 35.8 Å². The van der Waals surface area contributed by atoms with Gasteiger partial charge < -0.3 is 15.3 Å². The Balaban J connectivity index is 1.43. The number of carbonyl (C=O) groups excluding carboxylic acids is 1. The van der Waals surface area contributed by atoms with Gasteiger partial charge in [0.15, 0.2) is 0 Å². The third-order valence-electron chi connectivity index (χ3n) is 4.32. The zero-order valence-corrected chi connectivity index (χ0v) is 15.3. The number of carbonyl (C=O) groups is 1. The highest BCUT2D eigenvalue weighted by atomic mass is 32.1. The highest BCUT2D eigenvalue weighted by molar-refractivity contribution is 7.17. The van der Waals surface area contributed by atoms with Crippen LogP contribution in [-0.4, -0.2) is 27.0 Å². The van der Waals surface area contributed by atoms with Crippen molar-refractivity contribution in [3.63, 3.8) is 0 Å². The molecule has 0 aliphatic carbocycles. The van der Waals surface area contributed by atoms with Crippen molar-refractivity contribution < 1.29 is 9.18 Å². The second-order valence-electron chi connectivity index (χ2n) is 6.12. The smallest absolute Gasteiger partial charge is 0.328 e. The average Bonchev–Trinajstić information content (AvgIpc) is 3.34. The number of benzene rings is 1. The van der Waals surface area contributed by atoms with Crippen LogP contribution in [0.1, 0.15) is 10.5 Å². The van der Waals surface area contributed by atoms with Gasteiger partial charge >= 0.3 is 5.69 Å². The number of nitrogens with zero attached hydrogens (tertiary/aromatic N) is 1. The van der Waals surface area contributed by atoms with E-state index < -0.39 is 5.69 Å². The van der Waals surface area contributed by atoms with E-state index in [0.717, 1.165) is 15.7 Å². The summed E-state index contributed by atoms with van der Waals surface area (Å²) in [6.07, 6.45) is 1.65. The summed E-state index contributed by atoms with van der Waals surface area (Å²) in [5.74, 6) is -0.696. The molecule has 0 spiro atoms. The summed E-state index contributed by atoms with van der Waals surface area (Å²) in [5, 5.41) is 4.41. The quantitative estimate of drug-likeness (QED) is 0.481. The molecule has 4 aromatic rings. The molecule has 3 aromatic heterocycles. The predicted octanol–water partition coefficient (Wildman–Crippen LogP) is 2.32. The molecule has 0 radical (unpaired) electrons. The van der Waals surface area contributed by atoms with Gasteiger partial charge in [-0.3, -0.25) is 14.2 Å². The Hall–Kier alpha value is -3.46. The van der Waals surface area contributed by atoms with E-state index in [1.807, 2.05) is 0 Å². The van der Waals surface area contributed by atoms with Crippen molar-refractivity contribution in [1.82, 2.24) is 19.9 Å². The predicted molar refractivity (Wildman–Crippen MR) is 105 cm³/mol. The molecule has 3 heterocycles. The van der Waals surface area contributed by atoms with Crippen LogP contribution in [-0.2, 0) is 6.54 Å². The van der Waals surface area contributed by atoms with E-state index >= 15 is 0 Å². The van der Waals surface area contributed by atoms with Gasteiger partial charge in [-0.15, -0.1) is 11.3 Å². The summed E-state index contributed by atoms with van der Waals surface area (Å²) < 4.78 is 14.6. The van der Waals surface area contributed by atoms with Gasteiger partial charge in [0.05, 0.1) is 5.52 Å². The van der Waals surface area contributed by atoms with E-state index in [-0.39, 0.29) is 30.4 Å². The zero-order chi connectivity index (χ0) is 19.7. The second-order valence-corrected chi connectivity index (χ2v) is 7.03. The van der Waals surface area contributed by atoms with Crippen molar-refractivity contribution in [2.45, 2.75) is 6.54 Å². The Morgan fingerprint density at radius 2 is 1.93 bits per heavy atom. The molecule has 0 atom stereocenters. The molecule has 7 nitrogen and oxygen atoms in total. The molecule has 0 aliphatic rings. The lowest BCUT2D eigenvalue weighted by molar-refractivity contribution is 0.0947. The number of nitrogens with one attached hydrogen (secondary N) is 3. The summed E-state index contributed by atoms with van der Waals surface area (Å²) in [7, 11) is 0. The molecule has 0 saturated carbocycles. The van der Waals surface area contributed by atoms with Gasteiger partial charge in [-0.25, -0.2) is 9.18 Å². The lowest BCUT2D eigenvalue weighted by Crippen LogP contribution is -2.38. The van der Waals surface area contributed by atoms with Gasteiger partial charge in [0.1, 0.15) is 16.2 Å². The first-order valence-electron chi connectivity index (χ1n) is 8.46. The number of aromatic amines is 2. The molecule has 1 amide bonds. The Morgan fingerprint density at radius 1 is 1.14 bits per heavy atom. The van der Waals surface area contributed by atoms with Crippen molar-refractivity contribution in [2.75, 3.05) is 6.54 Å². The molecule has 1 aromatic carbocycles. The van der Waals surface area contributed by atoms with Crippen molar-refractivity contribution in [2.24, 2.45) is 0 Å². The summed E-state index contributed by atoms with van der Waals surface area (Å²) in [6.45, 7) is 0.170. The Labute approximate surface area is 161 Å². The molecule has 9 heteroatoms. The van der Waals surface area contributed by atoms with Crippen LogP contribution in [0.25, 0.3) is 21.3 Å². The molecule has 28 heavy (non-hydrogen) atoms. The summed E-state index contributed by atoms with van der Waals surface area (Å²) in [4.78, 5) is 42.2. The molecule has 0 fully saturated rings. The van der Waals surface area contributed by atoms with Gasteiger partial charge in [0.2, 0.25) is 0 Å². The fraction of sp³-hybridized carbons (Fsp3) is 0.105. The Bertz CT molecular complexity index is 1270. The number of aromatic nitrogens is 3. The fourth-order valence-corrected chi connectivity index (χ4v) is 3.68. The molecule has 0 aliphatic heterocycles. The van der Waals surface area contributed by atoms with E-state index in [2.05, 4.69) is 15.3 Å². The number of fused-ring (bicyclic) bond motifs is 1. The summed E-state index contributed by atoms with van der Waals surface area (Å²) in [6, 6.07) is 9.28. The van der Waals surface area contributed by atoms with E-state index in [0.29, 0.717) is 15.9 Å². The van der Waals surface area contributed by atoms with Crippen LogP contribution in [0.3, 0.4) is 0 Å². The first-order chi connectivity index (χ1) is 13.5. The standard InChI is InChI=1S/C19H15FN4O3S/c20-13-3-1-11(2-4-13)12-9-15(22-10-12)17(25)21-6-7-24-18(26)16-14(5-8-28-16)23-19(24)27/h1-5,8-10,22H,6-7H2,(H,21,25)(H,23,27). The van der Waals surface area contributed by atoms with Crippen molar-refractivity contribution >= 4 is 27.5 Å². The van der Waals surface area contributed by atoms with Crippen molar-refractivity contribution in [1.29, 1.82) is 0 Å². The molecule has 0 saturated heterocycles. The molecule has 142 valence electrons. The maximum atomic E-state index is 13.0. The largest absolute Gasteiger partial charge is 0.357 e. The number of thiophene rings is 1. The van der Waals surface area contributed by atoms with Gasteiger partial charge in [-0.05, 0) is 40.8 Å². The van der Waals surface area contributed by atoms with Crippen molar-refractivity contribution in [3.05, 3.63) is 80.3 Å². The second kappa shape index (κ2) is 7.28. The molecule has 0 unspecified atom stereocenters. The Morgan fingerprint density at radius 3 is 2.71 bits per heavy atom. The van der Waals surface area contributed by atoms with Crippen LogP contribution in [0.4, 0.5) is 4.39 Å². The number of H-pyrrole nitrogens is 2. The monoisotopic (exact) mass is 398 g/mol. The van der Waals surface area contributed by atoms with Gasteiger partial charge in [-0.1, -0.05) is 12.1 Å². The topological polar surface area (TPSA) is 99.8 Å². The van der Waals surface area contributed by atoms with Crippen LogP contribution in [0, 0.1) is 5.82 Å². The van der Waals surface area contributed by atoms with Crippen molar-refractivity contribution in [3.8, 4) is 11.1 Å². The number of amides is 1. The van der Waals surface area contributed by atoms with Gasteiger partial charge in [-0.2, -0.15) is 0 Å². The average molecular weight is 398 g/mol. The summed E-state index contributed by atoms with van der Waals surface area (Å²) in [5.41, 5.74) is 1.49. The fourth-order valence-electron chi connectivity index (χ4n) is 2.88. The Kier molecular flexibility index (Phi) is 4.66. The minimum Gasteiger partial charge on any atom is -0.357 e. The van der Waals surface area contributed by atoms with E-state index in [1.165, 1.54) is 23.5 Å². The normalized spacial score (nSPS) is 11.0. The molecule has 3 N–H and O–H groups in total. The maximum Gasteiger partial charge on any atom is 0.328 e. The number of halogens is 1. The molecule has 4 rings (SSSR count). The minimum absolute atomic E-state index is 0.0548. The summed E-state index contributed by atoms with van der Waals surface area (Å²) >= 11 is 1.26. The minimum atomic E-state index is -0.511. The third-order valence-corrected chi connectivity index (χ3v) is 5.22.